The van der Waals surface area contributed by atoms with E-state index in [-0.39, 0.29) is 24.0 Å². The Hall–Kier alpha value is -1.13. The summed E-state index contributed by atoms with van der Waals surface area (Å²) in [7, 11) is -1.60. The summed E-state index contributed by atoms with van der Waals surface area (Å²) < 4.78 is 27.0. The first-order valence-electron chi connectivity index (χ1n) is 9.31. The van der Waals surface area contributed by atoms with Gasteiger partial charge in [-0.3, -0.25) is 4.99 Å². The largest absolute Gasteiger partial charge is 0.353 e. The molecule has 0 atom stereocenters. The maximum atomic E-state index is 12.7. The molecule has 6 nitrogen and oxygen atoms in total. The van der Waals surface area contributed by atoms with Gasteiger partial charge in [0.2, 0.25) is 10.0 Å². The zero-order valence-corrected chi connectivity index (χ0v) is 18.9. The Bertz CT molecular complexity index is 748. The molecular weight excluding hydrogens is 475 g/mol. The molecule has 2 aliphatic rings. The predicted octanol–water partition coefficient (Wildman–Crippen LogP) is 2.86. The number of nitrogens with zero attached hydrogens (tertiary/aromatic N) is 2. The van der Waals surface area contributed by atoms with E-state index >= 15 is 0 Å². The molecule has 1 heterocycles. The Morgan fingerprint density at radius 2 is 1.74 bits per heavy atom. The van der Waals surface area contributed by atoms with Crippen LogP contribution in [0.25, 0.3) is 0 Å². The summed E-state index contributed by atoms with van der Waals surface area (Å²) in [5, 5.41) is 6.67. The molecule has 3 rings (SSSR count). The van der Waals surface area contributed by atoms with E-state index in [1.165, 1.54) is 0 Å². The van der Waals surface area contributed by atoms with E-state index in [9.17, 15) is 8.42 Å². The molecule has 1 fully saturated rings. The smallest absolute Gasteiger partial charge is 0.243 e. The minimum absolute atomic E-state index is 0. The van der Waals surface area contributed by atoms with Gasteiger partial charge >= 0.3 is 0 Å². The fourth-order valence-corrected chi connectivity index (χ4v) is 4.86. The van der Waals surface area contributed by atoms with E-state index < -0.39 is 10.0 Å². The molecule has 1 aliphatic carbocycles. The van der Waals surface area contributed by atoms with Gasteiger partial charge in [0.1, 0.15) is 0 Å². The lowest BCUT2D eigenvalue weighted by Crippen LogP contribution is -2.42. The van der Waals surface area contributed by atoms with Gasteiger partial charge < -0.3 is 10.6 Å². The van der Waals surface area contributed by atoms with E-state index in [2.05, 4.69) is 27.8 Å². The number of halogens is 1. The van der Waals surface area contributed by atoms with Crippen molar-refractivity contribution in [3.8, 4) is 0 Å². The molecule has 0 bridgehead atoms. The molecule has 1 saturated heterocycles. The Morgan fingerprint density at radius 1 is 1.11 bits per heavy atom. The van der Waals surface area contributed by atoms with Gasteiger partial charge in [0.25, 0.3) is 0 Å². The quantitative estimate of drug-likeness (QED) is 0.280. The monoisotopic (exact) mass is 504 g/mol. The minimum Gasteiger partial charge on any atom is -0.353 e. The van der Waals surface area contributed by atoms with E-state index in [0.29, 0.717) is 30.6 Å². The Balaban J connectivity index is 0.00000261. The van der Waals surface area contributed by atoms with Crippen LogP contribution in [0.15, 0.2) is 46.3 Å². The van der Waals surface area contributed by atoms with Crippen molar-refractivity contribution < 1.29 is 8.42 Å². The summed E-state index contributed by atoms with van der Waals surface area (Å²) in [6.07, 6.45) is 9.39. The normalized spacial score (nSPS) is 18.9. The van der Waals surface area contributed by atoms with E-state index in [1.54, 1.807) is 23.5 Å². The fraction of sp³-hybridized carbons (Fsp3) is 0.526. The van der Waals surface area contributed by atoms with Crippen LogP contribution < -0.4 is 10.6 Å². The third kappa shape index (κ3) is 5.92. The number of benzene rings is 1. The van der Waals surface area contributed by atoms with Crippen LogP contribution in [-0.2, 0) is 16.6 Å². The summed E-state index contributed by atoms with van der Waals surface area (Å²) in [6.45, 7) is 1.86. The summed E-state index contributed by atoms with van der Waals surface area (Å²) in [4.78, 5) is 4.63. The Kier molecular flexibility index (Phi) is 8.56. The number of aliphatic imine (C=N–C) groups is 1. The molecule has 0 unspecified atom stereocenters. The first-order valence-corrected chi connectivity index (χ1v) is 10.7. The highest BCUT2D eigenvalue weighted by molar-refractivity contribution is 14.0. The van der Waals surface area contributed by atoms with Crippen LogP contribution in [0, 0.1) is 0 Å². The number of piperidine rings is 1. The summed E-state index contributed by atoms with van der Waals surface area (Å²) in [5.74, 6) is 0.767. The number of hydrogen-bond acceptors (Lipinski definition) is 3. The lowest BCUT2D eigenvalue weighted by Gasteiger charge is -2.25. The van der Waals surface area contributed by atoms with Crippen molar-refractivity contribution in [3.05, 3.63) is 42.0 Å². The molecule has 0 radical (unpaired) electrons. The van der Waals surface area contributed by atoms with Gasteiger partial charge in [-0.1, -0.05) is 30.7 Å². The third-order valence-corrected chi connectivity index (χ3v) is 6.82. The van der Waals surface area contributed by atoms with Gasteiger partial charge in [0.15, 0.2) is 5.96 Å². The molecule has 1 aliphatic heterocycles. The van der Waals surface area contributed by atoms with Gasteiger partial charge in [-0.05, 0) is 43.4 Å². The van der Waals surface area contributed by atoms with Crippen LogP contribution in [-0.4, -0.2) is 44.9 Å². The highest BCUT2D eigenvalue weighted by Crippen LogP contribution is 2.20. The van der Waals surface area contributed by atoms with E-state index in [4.69, 9.17) is 0 Å². The number of rotatable bonds is 5. The van der Waals surface area contributed by atoms with Crippen LogP contribution in [0.3, 0.4) is 0 Å². The van der Waals surface area contributed by atoms with Crippen LogP contribution >= 0.6 is 24.0 Å². The topological polar surface area (TPSA) is 73.8 Å². The molecule has 2 N–H and O–H groups in total. The predicted molar refractivity (Wildman–Crippen MR) is 120 cm³/mol. The number of hydrogen-bond donors (Lipinski definition) is 2. The molecule has 0 amide bonds. The van der Waals surface area contributed by atoms with Crippen molar-refractivity contribution in [1.29, 1.82) is 0 Å². The average molecular weight is 504 g/mol. The first-order chi connectivity index (χ1) is 12.6. The van der Waals surface area contributed by atoms with Crippen molar-refractivity contribution in [2.75, 3.05) is 20.1 Å². The Labute approximate surface area is 179 Å². The molecular formula is C19H29IN4O2S. The Morgan fingerprint density at radius 3 is 2.33 bits per heavy atom. The zero-order valence-electron chi connectivity index (χ0n) is 15.7. The molecule has 1 aromatic carbocycles. The van der Waals surface area contributed by atoms with Crippen molar-refractivity contribution in [2.45, 2.75) is 49.6 Å². The van der Waals surface area contributed by atoms with Crippen molar-refractivity contribution in [3.63, 3.8) is 0 Å². The molecule has 0 saturated carbocycles. The highest BCUT2D eigenvalue weighted by atomic mass is 127. The van der Waals surface area contributed by atoms with Gasteiger partial charge in [0, 0.05) is 32.7 Å². The molecule has 150 valence electrons. The summed E-state index contributed by atoms with van der Waals surface area (Å²) in [6, 6.07) is 7.55. The maximum Gasteiger partial charge on any atom is 0.243 e. The van der Waals surface area contributed by atoms with Crippen LogP contribution in [0.1, 0.15) is 37.7 Å². The molecule has 0 aromatic heterocycles. The average Bonchev–Trinajstić information content (AvgIpc) is 3.19. The summed E-state index contributed by atoms with van der Waals surface area (Å²) >= 11 is 0. The van der Waals surface area contributed by atoms with Crippen LogP contribution in [0.2, 0.25) is 0 Å². The zero-order chi connectivity index (χ0) is 18.4. The standard InChI is InChI=1S/C19H28N4O2S.HI/c1-20-19(22-17-7-3-4-8-17)21-15-16-9-11-18(12-10-16)26(24,25)23-13-5-2-6-14-23;/h3-4,9-12,17H,2,5-8,13-15H2,1H3,(H2,20,21,22);1H. The summed E-state index contributed by atoms with van der Waals surface area (Å²) in [5.41, 5.74) is 1.02. The first kappa shape index (κ1) is 22.2. The number of nitrogens with one attached hydrogen (secondary N) is 2. The number of sulfonamides is 1. The molecule has 8 heteroatoms. The van der Waals surface area contributed by atoms with Crippen molar-refractivity contribution >= 4 is 40.0 Å². The van der Waals surface area contributed by atoms with E-state index in [0.717, 1.165) is 43.6 Å². The second-order valence-electron chi connectivity index (χ2n) is 6.82. The van der Waals surface area contributed by atoms with Gasteiger partial charge in [-0.15, -0.1) is 24.0 Å². The fourth-order valence-electron chi connectivity index (χ4n) is 3.34. The maximum absolute atomic E-state index is 12.7. The number of guanidine groups is 1. The second kappa shape index (κ2) is 10.4. The second-order valence-corrected chi connectivity index (χ2v) is 8.76. The molecule has 27 heavy (non-hydrogen) atoms. The van der Waals surface area contributed by atoms with E-state index in [1.807, 2.05) is 12.1 Å². The minimum atomic E-state index is -3.36. The van der Waals surface area contributed by atoms with Crippen molar-refractivity contribution in [2.24, 2.45) is 4.99 Å². The lowest BCUT2D eigenvalue weighted by molar-refractivity contribution is 0.346. The molecule has 0 spiro atoms. The highest BCUT2D eigenvalue weighted by Gasteiger charge is 2.25. The van der Waals surface area contributed by atoms with Gasteiger partial charge in [-0.2, -0.15) is 4.31 Å². The van der Waals surface area contributed by atoms with Gasteiger partial charge in [-0.25, -0.2) is 8.42 Å². The van der Waals surface area contributed by atoms with Gasteiger partial charge in [0.05, 0.1) is 4.90 Å². The van der Waals surface area contributed by atoms with Crippen LogP contribution in [0.5, 0.6) is 0 Å². The lowest BCUT2D eigenvalue weighted by atomic mass is 10.2. The SMILES string of the molecule is CN=C(NCc1ccc(S(=O)(=O)N2CCCCC2)cc1)NC1CC=CC1.I. The van der Waals surface area contributed by atoms with Crippen LogP contribution in [0.4, 0.5) is 0 Å². The third-order valence-electron chi connectivity index (χ3n) is 4.91. The van der Waals surface area contributed by atoms with Crippen molar-refractivity contribution in [1.82, 2.24) is 14.9 Å². The molecule has 1 aromatic rings.